The van der Waals surface area contributed by atoms with Crippen molar-refractivity contribution < 1.29 is 19.5 Å². The van der Waals surface area contributed by atoms with Gasteiger partial charge in [-0.15, -0.1) is 0 Å². The van der Waals surface area contributed by atoms with Crippen LogP contribution >= 0.6 is 23.2 Å². The first-order chi connectivity index (χ1) is 10.2. The minimum atomic E-state index is -1.13. The molecule has 0 fully saturated rings. The maximum atomic E-state index is 12.1. The minimum Gasteiger partial charge on any atom is -0.480 e. The number of rotatable bonds is 5. The zero-order valence-corrected chi connectivity index (χ0v) is 13.8. The van der Waals surface area contributed by atoms with Crippen molar-refractivity contribution in [2.24, 2.45) is 0 Å². The molecule has 6 nitrogen and oxygen atoms in total. The number of nitrogens with one attached hydrogen (secondary N) is 1. The second-order valence-corrected chi connectivity index (χ2v) is 5.55. The van der Waals surface area contributed by atoms with Crippen molar-refractivity contribution in [1.29, 1.82) is 0 Å². The standard InChI is InChI=1S/C14H16Cl2N2O4/c1-7(13(20)18(3)8(2)14(21)22)17-12(19)9-5-4-6-10(15)11(9)16/h4-8H,1-3H3,(H,17,19)(H,21,22). The molecule has 2 N–H and O–H groups in total. The first-order valence-corrected chi connectivity index (χ1v) is 7.16. The van der Waals surface area contributed by atoms with Crippen LogP contribution in [-0.2, 0) is 9.59 Å². The first-order valence-electron chi connectivity index (χ1n) is 6.41. The monoisotopic (exact) mass is 346 g/mol. The van der Waals surface area contributed by atoms with Crippen molar-refractivity contribution >= 4 is 41.0 Å². The summed E-state index contributed by atoms with van der Waals surface area (Å²) >= 11 is 11.8. The molecule has 0 aliphatic rings. The summed E-state index contributed by atoms with van der Waals surface area (Å²) in [4.78, 5) is 36.1. The highest BCUT2D eigenvalue weighted by atomic mass is 35.5. The Morgan fingerprint density at radius 3 is 2.36 bits per heavy atom. The fourth-order valence-corrected chi connectivity index (χ4v) is 2.06. The number of aliphatic carboxylic acids is 1. The maximum Gasteiger partial charge on any atom is 0.326 e. The molecule has 0 radical (unpaired) electrons. The molecule has 0 aromatic heterocycles. The topological polar surface area (TPSA) is 86.7 Å². The van der Waals surface area contributed by atoms with Crippen LogP contribution in [0.2, 0.25) is 10.0 Å². The first kappa shape index (κ1) is 18.3. The number of benzene rings is 1. The highest BCUT2D eigenvalue weighted by molar-refractivity contribution is 6.43. The van der Waals surface area contributed by atoms with Crippen LogP contribution in [0.3, 0.4) is 0 Å². The number of likely N-dealkylation sites (N-methyl/N-ethyl adjacent to an activating group) is 1. The van der Waals surface area contributed by atoms with Gasteiger partial charge in [0.15, 0.2) is 0 Å². The van der Waals surface area contributed by atoms with E-state index in [1.807, 2.05) is 0 Å². The number of carbonyl (C=O) groups is 3. The lowest BCUT2D eigenvalue weighted by Crippen LogP contribution is -2.50. The molecule has 1 rings (SSSR count). The van der Waals surface area contributed by atoms with E-state index in [-0.39, 0.29) is 15.6 Å². The highest BCUT2D eigenvalue weighted by Crippen LogP contribution is 2.25. The lowest BCUT2D eigenvalue weighted by atomic mass is 10.2. The molecule has 1 aromatic carbocycles. The SMILES string of the molecule is CC(NC(=O)c1cccc(Cl)c1Cl)C(=O)N(C)C(C)C(=O)O. The predicted molar refractivity (Wildman–Crippen MR) is 83.3 cm³/mol. The lowest BCUT2D eigenvalue weighted by Gasteiger charge is -2.25. The quantitative estimate of drug-likeness (QED) is 0.853. The molecule has 1 aromatic rings. The molecular weight excluding hydrogens is 331 g/mol. The van der Waals surface area contributed by atoms with Crippen LogP contribution in [0.5, 0.6) is 0 Å². The van der Waals surface area contributed by atoms with Crippen molar-refractivity contribution in [3.05, 3.63) is 33.8 Å². The zero-order chi connectivity index (χ0) is 17.0. The zero-order valence-electron chi connectivity index (χ0n) is 12.3. The molecular formula is C14H16Cl2N2O4. The van der Waals surface area contributed by atoms with E-state index in [9.17, 15) is 14.4 Å². The van der Waals surface area contributed by atoms with Gasteiger partial charge in [0.05, 0.1) is 15.6 Å². The second-order valence-electron chi connectivity index (χ2n) is 4.76. The van der Waals surface area contributed by atoms with Gasteiger partial charge in [-0.25, -0.2) is 4.79 Å². The highest BCUT2D eigenvalue weighted by Gasteiger charge is 2.27. The van der Waals surface area contributed by atoms with Gasteiger partial charge in [-0.05, 0) is 26.0 Å². The molecule has 0 aliphatic carbocycles. The fourth-order valence-electron chi connectivity index (χ4n) is 1.68. The molecule has 22 heavy (non-hydrogen) atoms. The van der Waals surface area contributed by atoms with Gasteiger partial charge in [0, 0.05) is 7.05 Å². The molecule has 0 aliphatic heterocycles. The van der Waals surface area contributed by atoms with Crippen molar-refractivity contribution in [2.45, 2.75) is 25.9 Å². The van der Waals surface area contributed by atoms with E-state index in [0.717, 1.165) is 4.90 Å². The van der Waals surface area contributed by atoms with E-state index >= 15 is 0 Å². The Morgan fingerprint density at radius 1 is 1.23 bits per heavy atom. The average molecular weight is 347 g/mol. The molecule has 2 unspecified atom stereocenters. The van der Waals surface area contributed by atoms with Gasteiger partial charge in [0.1, 0.15) is 12.1 Å². The van der Waals surface area contributed by atoms with Crippen molar-refractivity contribution in [1.82, 2.24) is 10.2 Å². The van der Waals surface area contributed by atoms with E-state index in [4.69, 9.17) is 28.3 Å². The van der Waals surface area contributed by atoms with Crippen LogP contribution in [0.4, 0.5) is 0 Å². The lowest BCUT2D eigenvalue weighted by molar-refractivity contribution is -0.148. The molecule has 0 heterocycles. The third-order valence-electron chi connectivity index (χ3n) is 3.20. The van der Waals surface area contributed by atoms with Gasteiger partial charge in [0.2, 0.25) is 5.91 Å². The minimum absolute atomic E-state index is 0.0913. The number of carboxylic acids is 1. The van der Waals surface area contributed by atoms with Gasteiger partial charge in [0.25, 0.3) is 5.91 Å². The fraction of sp³-hybridized carbons (Fsp3) is 0.357. The number of halogens is 2. The number of hydrogen-bond donors (Lipinski definition) is 2. The smallest absolute Gasteiger partial charge is 0.326 e. The summed E-state index contributed by atoms with van der Waals surface area (Å²) in [5.41, 5.74) is 0.141. The van der Waals surface area contributed by atoms with E-state index < -0.39 is 29.9 Å². The van der Waals surface area contributed by atoms with Crippen molar-refractivity contribution in [3.8, 4) is 0 Å². The Hall–Kier alpha value is -1.79. The van der Waals surface area contributed by atoms with Crippen LogP contribution in [0.25, 0.3) is 0 Å². The van der Waals surface area contributed by atoms with E-state index in [1.165, 1.54) is 33.0 Å². The summed E-state index contributed by atoms with van der Waals surface area (Å²) in [6.07, 6.45) is 0. The van der Waals surface area contributed by atoms with E-state index in [1.54, 1.807) is 6.07 Å². The molecule has 8 heteroatoms. The summed E-state index contributed by atoms with van der Waals surface area (Å²) in [6.45, 7) is 2.84. The Morgan fingerprint density at radius 2 is 1.82 bits per heavy atom. The van der Waals surface area contributed by atoms with Crippen molar-refractivity contribution in [2.75, 3.05) is 7.05 Å². The Balaban J connectivity index is 2.81. The van der Waals surface area contributed by atoms with Crippen LogP contribution < -0.4 is 5.32 Å². The molecule has 120 valence electrons. The third-order valence-corrected chi connectivity index (χ3v) is 4.02. The second kappa shape index (κ2) is 7.47. The number of hydrogen-bond acceptors (Lipinski definition) is 3. The van der Waals surface area contributed by atoms with Gasteiger partial charge >= 0.3 is 5.97 Å². The van der Waals surface area contributed by atoms with E-state index in [2.05, 4.69) is 5.32 Å². The van der Waals surface area contributed by atoms with Crippen LogP contribution in [0.1, 0.15) is 24.2 Å². The average Bonchev–Trinajstić information content (AvgIpc) is 2.47. The number of nitrogens with zero attached hydrogens (tertiary/aromatic N) is 1. The summed E-state index contributed by atoms with van der Waals surface area (Å²) in [5.74, 6) is -2.22. The summed E-state index contributed by atoms with van der Waals surface area (Å²) in [6, 6.07) is 2.67. The normalized spacial score (nSPS) is 13.1. The predicted octanol–water partition coefficient (Wildman–Crippen LogP) is 2.04. The van der Waals surface area contributed by atoms with Crippen molar-refractivity contribution in [3.63, 3.8) is 0 Å². The van der Waals surface area contributed by atoms with Gasteiger partial charge in [-0.3, -0.25) is 9.59 Å². The van der Waals surface area contributed by atoms with Crippen LogP contribution in [0, 0.1) is 0 Å². The Labute approximate surface area is 138 Å². The molecule has 0 bridgehead atoms. The number of amides is 2. The number of carboxylic acid groups (broad SMARTS) is 1. The number of carbonyl (C=O) groups excluding carboxylic acids is 2. The van der Waals surface area contributed by atoms with Crippen LogP contribution in [-0.4, -0.2) is 46.9 Å². The van der Waals surface area contributed by atoms with Crippen LogP contribution in [0.15, 0.2) is 18.2 Å². The Bertz CT molecular complexity index is 607. The summed E-state index contributed by atoms with van der Waals surface area (Å²) < 4.78 is 0. The van der Waals surface area contributed by atoms with Gasteiger partial charge in [-0.2, -0.15) is 0 Å². The molecule has 2 amide bonds. The Kier molecular flexibility index (Phi) is 6.20. The maximum absolute atomic E-state index is 12.1. The summed E-state index contributed by atoms with van der Waals surface area (Å²) in [5, 5.41) is 11.7. The van der Waals surface area contributed by atoms with E-state index in [0.29, 0.717) is 0 Å². The summed E-state index contributed by atoms with van der Waals surface area (Å²) in [7, 11) is 1.36. The molecule has 0 spiro atoms. The molecule has 0 saturated carbocycles. The molecule has 0 saturated heterocycles. The third kappa shape index (κ3) is 4.11. The van der Waals surface area contributed by atoms with Gasteiger partial charge in [-0.1, -0.05) is 29.3 Å². The largest absolute Gasteiger partial charge is 0.480 e. The van der Waals surface area contributed by atoms with Gasteiger partial charge < -0.3 is 15.3 Å². The molecule has 2 atom stereocenters.